The number of carbonyl (C=O) groups excluding carboxylic acids is 1. The van der Waals surface area contributed by atoms with Gasteiger partial charge in [0.1, 0.15) is 5.54 Å². The zero-order valence-electron chi connectivity index (χ0n) is 8.71. The Kier molecular flexibility index (Phi) is 2.99. The van der Waals surface area contributed by atoms with E-state index in [9.17, 15) is 4.79 Å². The number of halogens is 1. The normalized spacial score (nSPS) is 24.1. The van der Waals surface area contributed by atoms with Crippen molar-refractivity contribution in [2.24, 2.45) is 0 Å². The van der Waals surface area contributed by atoms with Crippen molar-refractivity contribution >= 4 is 39.2 Å². The van der Waals surface area contributed by atoms with Crippen LogP contribution in [0.15, 0.2) is 28.7 Å². The lowest BCUT2D eigenvalue weighted by Gasteiger charge is -2.25. The Bertz CT molecular complexity index is 446. The van der Waals surface area contributed by atoms with E-state index in [1.807, 2.05) is 31.2 Å². The standard InChI is InChI=1S/C11H11BrN2OS/c1-2-11(9(15)13-10(16)14-11)7-3-5-8(12)6-4-7/h3-6H,2H2,1H3,(H2,13,14,15,16). The first kappa shape index (κ1) is 11.5. The number of rotatable bonds is 2. The molecule has 1 atom stereocenters. The minimum absolute atomic E-state index is 0.0812. The van der Waals surface area contributed by atoms with Gasteiger partial charge >= 0.3 is 0 Å². The lowest BCUT2D eigenvalue weighted by molar-refractivity contribution is -0.124. The molecule has 5 heteroatoms. The lowest BCUT2D eigenvalue weighted by atomic mass is 9.87. The highest BCUT2D eigenvalue weighted by molar-refractivity contribution is 9.10. The molecule has 0 bridgehead atoms. The Hall–Kier alpha value is -0.940. The third kappa shape index (κ3) is 1.74. The molecule has 0 radical (unpaired) electrons. The van der Waals surface area contributed by atoms with E-state index in [0.717, 1.165) is 10.0 Å². The van der Waals surface area contributed by atoms with Gasteiger partial charge in [0.2, 0.25) is 0 Å². The number of hydrogen-bond acceptors (Lipinski definition) is 2. The Morgan fingerprint density at radius 1 is 1.38 bits per heavy atom. The summed E-state index contributed by atoms with van der Waals surface area (Å²) in [7, 11) is 0. The fraction of sp³-hybridized carbons (Fsp3) is 0.273. The summed E-state index contributed by atoms with van der Waals surface area (Å²) in [6.45, 7) is 1.96. The number of nitrogens with one attached hydrogen (secondary N) is 2. The van der Waals surface area contributed by atoms with Crippen molar-refractivity contribution in [1.29, 1.82) is 0 Å². The monoisotopic (exact) mass is 298 g/mol. The van der Waals surface area contributed by atoms with Gasteiger partial charge in [0.15, 0.2) is 5.11 Å². The Labute approximate surface area is 108 Å². The summed E-state index contributed by atoms with van der Waals surface area (Å²) in [6.07, 6.45) is 0.653. The van der Waals surface area contributed by atoms with Crippen LogP contribution in [-0.2, 0) is 10.3 Å². The highest BCUT2D eigenvalue weighted by Gasteiger charge is 2.44. The fourth-order valence-electron chi connectivity index (χ4n) is 1.88. The van der Waals surface area contributed by atoms with Gasteiger partial charge in [-0.25, -0.2) is 0 Å². The molecule has 84 valence electrons. The van der Waals surface area contributed by atoms with Gasteiger partial charge in [-0.2, -0.15) is 0 Å². The zero-order chi connectivity index (χ0) is 11.8. The van der Waals surface area contributed by atoms with Gasteiger partial charge in [0.05, 0.1) is 0 Å². The first-order valence-corrected chi connectivity index (χ1v) is 6.18. The number of amides is 1. The van der Waals surface area contributed by atoms with Crippen LogP contribution in [0.2, 0.25) is 0 Å². The second-order valence-electron chi connectivity index (χ2n) is 3.67. The molecule has 16 heavy (non-hydrogen) atoms. The third-order valence-electron chi connectivity index (χ3n) is 2.81. The van der Waals surface area contributed by atoms with Crippen molar-refractivity contribution in [3.63, 3.8) is 0 Å². The average molecular weight is 299 g/mol. The van der Waals surface area contributed by atoms with Crippen molar-refractivity contribution in [2.45, 2.75) is 18.9 Å². The second-order valence-corrected chi connectivity index (χ2v) is 5.00. The molecule has 0 saturated carbocycles. The Morgan fingerprint density at radius 3 is 2.44 bits per heavy atom. The summed E-state index contributed by atoms with van der Waals surface area (Å²) in [4.78, 5) is 12.0. The summed E-state index contributed by atoms with van der Waals surface area (Å²) >= 11 is 8.36. The van der Waals surface area contributed by atoms with E-state index in [1.54, 1.807) is 0 Å². The lowest BCUT2D eigenvalue weighted by Crippen LogP contribution is -2.43. The van der Waals surface area contributed by atoms with Crippen LogP contribution >= 0.6 is 28.1 Å². The van der Waals surface area contributed by atoms with E-state index in [0.29, 0.717) is 11.5 Å². The number of hydrogen-bond donors (Lipinski definition) is 2. The molecule has 0 aliphatic carbocycles. The molecule has 1 amide bonds. The Balaban J connectivity index is 2.46. The predicted octanol–water partition coefficient (Wildman–Crippen LogP) is 2.06. The summed E-state index contributed by atoms with van der Waals surface area (Å²) in [5.74, 6) is -0.0812. The molecule has 1 aromatic carbocycles. The van der Waals surface area contributed by atoms with Crippen LogP contribution in [0.3, 0.4) is 0 Å². The van der Waals surface area contributed by atoms with Crippen molar-refractivity contribution in [1.82, 2.24) is 10.6 Å². The number of thiocarbonyl (C=S) groups is 1. The summed E-state index contributed by atoms with van der Waals surface area (Å²) in [5, 5.41) is 6.10. The minimum atomic E-state index is -0.711. The highest BCUT2D eigenvalue weighted by atomic mass is 79.9. The van der Waals surface area contributed by atoms with Gasteiger partial charge in [-0.05, 0) is 36.3 Å². The van der Waals surface area contributed by atoms with E-state index < -0.39 is 5.54 Å². The van der Waals surface area contributed by atoms with E-state index in [4.69, 9.17) is 12.2 Å². The van der Waals surface area contributed by atoms with Crippen molar-refractivity contribution in [3.8, 4) is 0 Å². The molecule has 1 aliphatic rings. The van der Waals surface area contributed by atoms with Gasteiger partial charge in [0.25, 0.3) is 5.91 Å². The minimum Gasteiger partial charge on any atom is -0.344 e. The maximum absolute atomic E-state index is 12.0. The van der Waals surface area contributed by atoms with Crippen LogP contribution in [0.5, 0.6) is 0 Å². The van der Waals surface area contributed by atoms with Crippen LogP contribution in [0.4, 0.5) is 0 Å². The van der Waals surface area contributed by atoms with E-state index >= 15 is 0 Å². The van der Waals surface area contributed by atoms with Gasteiger partial charge in [-0.15, -0.1) is 0 Å². The first-order chi connectivity index (χ1) is 7.58. The van der Waals surface area contributed by atoms with Gasteiger partial charge < -0.3 is 10.6 Å². The average Bonchev–Trinajstić information content (AvgIpc) is 2.55. The fourth-order valence-corrected chi connectivity index (χ4v) is 2.41. The molecular formula is C11H11BrN2OS. The molecule has 1 saturated heterocycles. The van der Waals surface area contributed by atoms with Crippen LogP contribution in [0.25, 0.3) is 0 Å². The molecule has 1 fully saturated rings. The molecule has 0 spiro atoms. The summed E-state index contributed by atoms with van der Waals surface area (Å²) < 4.78 is 0.989. The number of benzene rings is 1. The molecule has 1 aliphatic heterocycles. The van der Waals surface area contributed by atoms with Crippen LogP contribution in [0.1, 0.15) is 18.9 Å². The van der Waals surface area contributed by atoms with E-state index in [1.165, 1.54) is 0 Å². The molecular weight excluding hydrogens is 288 g/mol. The van der Waals surface area contributed by atoms with Crippen molar-refractivity contribution < 1.29 is 4.79 Å². The smallest absolute Gasteiger partial charge is 0.256 e. The largest absolute Gasteiger partial charge is 0.344 e. The van der Waals surface area contributed by atoms with E-state index in [2.05, 4.69) is 26.6 Å². The SMILES string of the molecule is CCC1(c2ccc(Br)cc2)NC(=S)NC1=O. The first-order valence-electron chi connectivity index (χ1n) is 4.98. The maximum atomic E-state index is 12.0. The zero-order valence-corrected chi connectivity index (χ0v) is 11.1. The predicted molar refractivity (Wildman–Crippen MR) is 70.0 cm³/mol. The highest BCUT2D eigenvalue weighted by Crippen LogP contribution is 2.29. The van der Waals surface area contributed by atoms with Gasteiger partial charge in [-0.3, -0.25) is 4.79 Å². The van der Waals surface area contributed by atoms with E-state index in [-0.39, 0.29) is 5.91 Å². The van der Waals surface area contributed by atoms with Gasteiger partial charge in [0, 0.05) is 4.47 Å². The molecule has 2 N–H and O–H groups in total. The quantitative estimate of drug-likeness (QED) is 0.821. The molecule has 1 unspecified atom stereocenters. The van der Waals surface area contributed by atoms with Crippen molar-refractivity contribution in [2.75, 3.05) is 0 Å². The summed E-state index contributed by atoms with van der Waals surface area (Å²) in [6, 6.07) is 7.69. The van der Waals surface area contributed by atoms with Crippen LogP contribution < -0.4 is 10.6 Å². The molecule has 0 aromatic heterocycles. The topological polar surface area (TPSA) is 41.1 Å². The second kappa shape index (κ2) is 4.14. The number of carbonyl (C=O) groups is 1. The molecule has 3 nitrogen and oxygen atoms in total. The third-order valence-corrected chi connectivity index (χ3v) is 3.54. The molecule has 1 aromatic rings. The maximum Gasteiger partial charge on any atom is 0.256 e. The Morgan fingerprint density at radius 2 is 2.00 bits per heavy atom. The molecule has 2 rings (SSSR count). The summed E-state index contributed by atoms with van der Waals surface area (Å²) in [5.41, 5.74) is 0.216. The van der Waals surface area contributed by atoms with Crippen molar-refractivity contribution in [3.05, 3.63) is 34.3 Å². The van der Waals surface area contributed by atoms with Crippen LogP contribution in [0, 0.1) is 0 Å². The molecule has 1 heterocycles. The van der Waals surface area contributed by atoms with Gasteiger partial charge in [-0.1, -0.05) is 35.0 Å². The van der Waals surface area contributed by atoms with Crippen LogP contribution in [-0.4, -0.2) is 11.0 Å².